The van der Waals surface area contributed by atoms with Crippen molar-refractivity contribution in [3.8, 4) is 0 Å². The quantitative estimate of drug-likeness (QED) is 0.311. The van der Waals surface area contributed by atoms with E-state index >= 15 is 0 Å². The third-order valence-electron chi connectivity index (χ3n) is 4.22. The van der Waals surface area contributed by atoms with Crippen LogP contribution in [-0.2, 0) is 20.1 Å². The van der Waals surface area contributed by atoms with Gasteiger partial charge in [-0.05, 0) is 24.6 Å². The summed E-state index contributed by atoms with van der Waals surface area (Å²) in [6.45, 7) is 3.94. The van der Waals surface area contributed by atoms with E-state index in [4.69, 9.17) is 9.98 Å². The highest BCUT2D eigenvalue weighted by Crippen LogP contribution is 2.22. The minimum atomic E-state index is 0. The highest BCUT2D eigenvalue weighted by Gasteiger charge is 2.08. The largest absolute Gasteiger partial charge is 0.363 e. The standard InChI is InChI=1S/C19H26N8.HI/c1-5-20-19(22-12-18-23-13-24-27(18)4)21-11-14-10-17(26(2)3)25-16-9-7-6-8-15(14)16;/h6-10,13H,5,11-12H2,1-4H3,(H2,20,21,22);1H. The van der Waals surface area contributed by atoms with Gasteiger partial charge in [0.2, 0.25) is 0 Å². The second-order valence-corrected chi connectivity index (χ2v) is 6.40. The van der Waals surface area contributed by atoms with Crippen LogP contribution in [0.15, 0.2) is 41.7 Å². The zero-order chi connectivity index (χ0) is 19.2. The van der Waals surface area contributed by atoms with Crippen LogP contribution in [-0.4, -0.2) is 46.3 Å². The Hall–Kier alpha value is -2.43. The van der Waals surface area contributed by atoms with Crippen molar-refractivity contribution in [2.24, 2.45) is 12.0 Å². The Morgan fingerprint density at radius 2 is 2.00 bits per heavy atom. The topological polar surface area (TPSA) is 83.3 Å². The predicted molar refractivity (Wildman–Crippen MR) is 124 cm³/mol. The Bertz CT molecular complexity index is 935. The molecule has 8 nitrogen and oxygen atoms in total. The molecule has 0 saturated carbocycles. The molecule has 2 N–H and O–H groups in total. The number of anilines is 1. The lowest BCUT2D eigenvalue weighted by Gasteiger charge is -2.15. The van der Waals surface area contributed by atoms with E-state index in [1.165, 1.54) is 0 Å². The number of guanidine groups is 1. The molecule has 2 heterocycles. The molecule has 0 spiro atoms. The Morgan fingerprint density at radius 1 is 1.21 bits per heavy atom. The van der Waals surface area contributed by atoms with E-state index in [0.29, 0.717) is 13.1 Å². The number of nitrogens with zero attached hydrogens (tertiary/aromatic N) is 6. The lowest BCUT2D eigenvalue weighted by molar-refractivity contribution is 0.673. The first kappa shape index (κ1) is 21.9. The number of aliphatic imine (C=N–C) groups is 1. The van der Waals surface area contributed by atoms with Crippen LogP contribution in [0, 0.1) is 0 Å². The summed E-state index contributed by atoms with van der Waals surface area (Å²) in [5.41, 5.74) is 2.12. The van der Waals surface area contributed by atoms with Crippen molar-refractivity contribution in [2.75, 3.05) is 25.5 Å². The van der Waals surface area contributed by atoms with Crippen molar-refractivity contribution < 1.29 is 0 Å². The molecule has 28 heavy (non-hydrogen) atoms. The van der Waals surface area contributed by atoms with Crippen LogP contribution in [0.4, 0.5) is 5.82 Å². The normalized spacial score (nSPS) is 11.2. The molecule has 0 fully saturated rings. The Balaban J connectivity index is 0.00000280. The summed E-state index contributed by atoms with van der Waals surface area (Å²) >= 11 is 0. The van der Waals surface area contributed by atoms with E-state index in [-0.39, 0.29) is 24.0 Å². The summed E-state index contributed by atoms with van der Waals surface area (Å²) in [6.07, 6.45) is 1.55. The van der Waals surface area contributed by atoms with Crippen molar-refractivity contribution >= 4 is 46.7 Å². The van der Waals surface area contributed by atoms with Crippen LogP contribution in [0.3, 0.4) is 0 Å². The maximum Gasteiger partial charge on any atom is 0.191 e. The van der Waals surface area contributed by atoms with Gasteiger partial charge in [-0.25, -0.2) is 15.0 Å². The van der Waals surface area contributed by atoms with E-state index in [0.717, 1.165) is 40.6 Å². The van der Waals surface area contributed by atoms with Crippen LogP contribution in [0.2, 0.25) is 0 Å². The molecule has 0 amide bonds. The number of pyridine rings is 1. The molecule has 3 aromatic rings. The molecule has 2 aromatic heterocycles. The molecule has 0 radical (unpaired) electrons. The molecule has 9 heteroatoms. The fourth-order valence-electron chi connectivity index (χ4n) is 2.74. The number of rotatable bonds is 6. The molecule has 0 bridgehead atoms. The Morgan fingerprint density at radius 3 is 2.68 bits per heavy atom. The first-order chi connectivity index (χ1) is 13.1. The Labute approximate surface area is 182 Å². The second-order valence-electron chi connectivity index (χ2n) is 6.40. The predicted octanol–water partition coefficient (Wildman–Crippen LogP) is 2.30. The first-order valence-electron chi connectivity index (χ1n) is 8.99. The molecule has 150 valence electrons. The molecule has 0 atom stereocenters. The van der Waals surface area contributed by atoms with Gasteiger partial charge >= 0.3 is 0 Å². The number of para-hydroxylation sites is 1. The second kappa shape index (κ2) is 10.2. The molecule has 3 rings (SSSR count). The van der Waals surface area contributed by atoms with Crippen molar-refractivity contribution in [3.63, 3.8) is 0 Å². The van der Waals surface area contributed by atoms with E-state index in [2.05, 4.69) is 32.8 Å². The van der Waals surface area contributed by atoms with Gasteiger partial charge in [0.15, 0.2) is 5.96 Å². The van der Waals surface area contributed by atoms with Gasteiger partial charge in [-0.1, -0.05) is 18.2 Å². The van der Waals surface area contributed by atoms with E-state index in [9.17, 15) is 0 Å². The molecule has 0 aliphatic heterocycles. The number of nitrogens with one attached hydrogen (secondary N) is 2. The smallest absolute Gasteiger partial charge is 0.191 e. The third kappa shape index (κ3) is 5.31. The zero-order valence-electron chi connectivity index (χ0n) is 16.7. The first-order valence-corrected chi connectivity index (χ1v) is 8.99. The molecule has 1 aromatic carbocycles. The minimum Gasteiger partial charge on any atom is -0.363 e. The summed E-state index contributed by atoms with van der Waals surface area (Å²) in [7, 11) is 5.87. The van der Waals surface area contributed by atoms with Gasteiger partial charge < -0.3 is 15.5 Å². The number of aryl methyl sites for hydroxylation is 1. The monoisotopic (exact) mass is 494 g/mol. The van der Waals surface area contributed by atoms with E-state index < -0.39 is 0 Å². The summed E-state index contributed by atoms with van der Waals surface area (Å²) < 4.78 is 1.75. The fourth-order valence-corrected chi connectivity index (χ4v) is 2.74. The molecule has 0 aliphatic carbocycles. The fraction of sp³-hybridized carbons (Fsp3) is 0.368. The van der Waals surface area contributed by atoms with Crippen LogP contribution in [0.25, 0.3) is 10.9 Å². The number of aromatic nitrogens is 4. The molecule has 0 aliphatic rings. The number of benzene rings is 1. The summed E-state index contributed by atoms with van der Waals surface area (Å²) in [4.78, 5) is 15.7. The highest BCUT2D eigenvalue weighted by molar-refractivity contribution is 14.0. The van der Waals surface area contributed by atoms with Gasteiger partial charge in [0.05, 0.1) is 18.6 Å². The minimum absolute atomic E-state index is 0. The van der Waals surface area contributed by atoms with Crippen molar-refractivity contribution in [3.05, 3.63) is 48.0 Å². The maximum atomic E-state index is 4.75. The van der Waals surface area contributed by atoms with Gasteiger partial charge in [-0.3, -0.25) is 4.68 Å². The molecule has 0 saturated heterocycles. The Kier molecular flexibility index (Phi) is 7.97. The zero-order valence-corrected chi connectivity index (χ0v) is 19.0. The highest BCUT2D eigenvalue weighted by atomic mass is 127. The summed E-state index contributed by atoms with van der Waals surface area (Å²) in [5.74, 6) is 2.52. The van der Waals surface area contributed by atoms with Crippen molar-refractivity contribution in [1.29, 1.82) is 0 Å². The van der Waals surface area contributed by atoms with Crippen LogP contribution in [0.5, 0.6) is 0 Å². The van der Waals surface area contributed by atoms with E-state index in [1.54, 1.807) is 11.0 Å². The van der Waals surface area contributed by atoms with E-state index in [1.807, 2.05) is 51.2 Å². The van der Waals surface area contributed by atoms with Gasteiger partial charge in [0.1, 0.15) is 18.0 Å². The molecular formula is C19H27IN8. The average molecular weight is 494 g/mol. The average Bonchev–Trinajstić information content (AvgIpc) is 3.08. The molecular weight excluding hydrogens is 467 g/mol. The maximum absolute atomic E-state index is 4.75. The third-order valence-corrected chi connectivity index (χ3v) is 4.22. The molecule has 0 unspecified atom stereocenters. The summed E-state index contributed by atoms with van der Waals surface area (Å²) in [5, 5.41) is 11.8. The van der Waals surface area contributed by atoms with Gasteiger partial charge in [-0.2, -0.15) is 5.10 Å². The lowest BCUT2D eigenvalue weighted by atomic mass is 10.1. The van der Waals surface area contributed by atoms with Crippen LogP contribution < -0.4 is 15.5 Å². The number of halogens is 1. The summed E-state index contributed by atoms with van der Waals surface area (Å²) in [6, 6.07) is 10.3. The van der Waals surface area contributed by atoms with Gasteiger partial charge in [0.25, 0.3) is 0 Å². The van der Waals surface area contributed by atoms with Gasteiger partial charge in [0, 0.05) is 33.1 Å². The number of fused-ring (bicyclic) bond motifs is 1. The van der Waals surface area contributed by atoms with Crippen LogP contribution in [0.1, 0.15) is 18.3 Å². The lowest BCUT2D eigenvalue weighted by Crippen LogP contribution is -2.37. The van der Waals surface area contributed by atoms with Gasteiger partial charge in [-0.15, -0.1) is 24.0 Å². The van der Waals surface area contributed by atoms with Crippen molar-refractivity contribution in [2.45, 2.75) is 20.0 Å². The van der Waals surface area contributed by atoms with Crippen molar-refractivity contribution in [1.82, 2.24) is 30.4 Å². The van der Waals surface area contributed by atoms with Crippen LogP contribution >= 0.6 is 24.0 Å². The SMILES string of the molecule is CCNC(=NCc1cc(N(C)C)nc2ccccc12)NCc1ncnn1C.I. The number of hydrogen-bond donors (Lipinski definition) is 2. The number of hydrogen-bond acceptors (Lipinski definition) is 5.